The van der Waals surface area contributed by atoms with Crippen LogP contribution in [-0.2, 0) is 20.7 Å². The second kappa shape index (κ2) is 10.3. The van der Waals surface area contributed by atoms with Gasteiger partial charge in [-0.1, -0.05) is 18.2 Å². The number of carboxylic acid groups (broad SMARTS) is 2. The molecule has 2 aliphatic carbocycles. The van der Waals surface area contributed by atoms with Crippen molar-refractivity contribution in [3.63, 3.8) is 0 Å². The predicted octanol–water partition coefficient (Wildman–Crippen LogP) is 0.951. The van der Waals surface area contributed by atoms with Crippen molar-refractivity contribution in [2.24, 2.45) is 0 Å². The van der Waals surface area contributed by atoms with E-state index in [1.165, 1.54) is 39.0 Å². The summed E-state index contributed by atoms with van der Waals surface area (Å²) in [4.78, 5) is 26.5. The van der Waals surface area contributed by atoms with Gasteiger partial charge in [0.25, 0.3) is 0 Å². The summed E-state index contributed by atoms with van der Waals surface area (Å²) in [5, 5.41) is 18.2. The number of hydrogen-bond donors (Lipinski definition) is 2. The summed E-state index contributed by atoms with van der Waals surface area (Å²) in [6, 6.07) is 0. The minimum atomic E-state index is -1.26. The number of carbonyl (C=O) groups is 2. The minimum Gasteiger partial charge on any atom is -0.478 e. The molecular weight excluding hydrogens is 392 g/mol. The van der Waals surface area contributed by atoms with E-state index in [0.29, 0.717) is 12.2 Å². The number of carboxylic acids is 2. The van der Waals surface area contributed by atoms with Gasteiger partial charge in [0.2, 0.25) is 0 Å². The Labute approximate surface area is 172 Å². The number of aromatic nitrogens is 1. The Morgan fingerprint density at radius 1 is 1.21 bits per heavy atom. The summed E-state index contributed by atoms with van der Waals surface area (Å²) in [6.45, 7) is 5.12. The predicted molar refractivity (Wildman–Crippen MR) is 111 cm³/mol. The first-order valence-electron chi connectivity index (χ1n) is 9.55. The van der Waals surface area contributed by atoms with Gasteiger partial charge in [0, 0.05) is 31.7 Å². The molecule has 0 spiro atoms. The van der Waals surface area contributed by atoms with Gasteiger partial charge in [-0.2, -0.15) is 0 Å². The number of hydrogen-bond acceptors (Lipinski definition) is 6. The number of aryl methyl sites for hydroxylation is 1. The van der Waals surface area contributed by atoms with Crippen molar-refractivity contribution in [2.75, 3.05) is 32.8 Å². The molecule has 0 saturated carbocycles. The average Bonchev–Trinajstić information content (AvgIpc) is 3.25. The number of fused-ring (bicyclic) bond motifs is 2. The molecule has 7 nitrogen and oxygen atoms in total. The molecule has 2 N–H and O–H groups in total. The highest BCUT2D eigenvalue weighted by Gasteiger charge is 2.16. The fraction of sp³-hybridized carbons (Fsp3) is 0.381. The Hall–Kier alpha value is -2.55. The summed E-state index contributed by atoms with van der Waals surface area (Å²) in [6.07, 6.45) is 13.3. The van der Waals surface area contributed by atoms with Crippen molar-refractivity contribution in [1.29, 1.82) is 0 Å². The van der Waals surface area contributed by atoms with Crippen LogP contribution in [0, 0.1) is 0 Å². The van der Waals surface area contributed by atoms with Crippen molar-refractivity contribution in [3.8, 4) is 0 Å². The monoisotopic (exact) mass is 416 g/mol. The summed E-state index contributed by atoms with van der Waals surface area (Å²) in [5.41, 5.74) is 2.79. The lowest BCUT2D eigenvalue weighted by molar-refractivity contribution is -0.134. The Bertz CT molecular complexity index is 952. The molecule has 0 unspecified atom stereocenters. The number of aliphatic carboxylic acids is 2. The first kappa shape index (κ1) is 21.2. The van der Waals surface area contributed by atoms with Crippen LogP contribution >= 0.6 is 11.3 Å². The van der Waals surface area contributed by atoms with Crippen molar-refractivity contribution >= 4 is 34.9 Å². The Balaban J connectivity index is 0.000000258. The third-order valence-electron chi connectivity index (χ3n) is 4.69. The van der Waals surface area contributed by atoms with Crippen LogP contribution in [0.15, 0.2) is 36.0 Å². The second-order valence-electron chi connectivity index (χ2n) is 6.77. The third-order valence-corrected chi connectivity index (χ3v) is 5.75. The maximum absolute atomic E-state index is 9.55. The quantitative estimate of drug-likeness (QED) is 0.666. The number of morpholine rings is 1. The van der Waals surface area contributed by atoms with Crippen LogP contribution in [0.2, 0.25) is 0 Å². The topological polar surface area (TPSA) is 100.0 Å². The first-order chi connectivity index (χ1) is 14.0. The molecule has 1 aromatic rings. The highest BCUT2D eigenvalue weighted by atomic mass is 32.1. The molecule has 1 aliphatic heterocycles. The van der Waals surface area contributed by atoms with Crippen LogP contribution in [0.4, 0.5) is 0 Å². The number of ether oxygens (including phenoxy) is 1. The van der Waals surface area contributed by atoms with Crippen molar-refractivity contribution < 1.29 is 24.5 Å². The molecule has 0 aromatic carbocycles. The third kappa shape index (κ3) is 6.22. The lowest BCUT2D eigenvalue weighted by Gasteiger charge is -2.26. The molecule has 1 aromatic heterocycles. The molecule has 0 atom stereocenters. The maximum atomic E-state index is 9.55. The molecule has 1 fully saturated rings. The highest BCUT2D eigenvalue weighted by molar-refractivity contribution is 7.09. The van der Waals surface area contributed by atoms with Crippen LogP contribution in [-0.4, -0.2) is 64.9 Å². The van der Waals surface area contributed by atoms with Crippen LogP contribution in [0.3, 0.4) is 0 Å². The Morgan fingerprint density at radius 2 is 1.93 bits per heavy atom. The lowest BCUT2D eigenvalue weighted by atomic mass is 10.0. The zero-order valence-corrected chi connectivity index (χ0v) is 16.9. The van der Waals surface area contributed by atoms with Gasteiger partial charge in [0.1, 0.15) is 0 Å². The molecule has 154 valence electrons. The van der Waals surface area contributed by atoms with E-state index in [2.05, 4.69) is 29.2 Å². The SMILES string of the molecule is C1=CCC2=c3nc(CCCN4CCOCC4)sc3=CC2=C1.O=C(O)C=CC(=O)O. The molecule has 8 heteroatoms. The van der Waals surface area contributed by atoms with E-state index in [4.69, 9.17) is 19.9 Å². The highest BCUT2D eigenvalue weighted by Crippen LogP contribution is 2.23. The van der Waals surface area contributed by atoms with Gasteiger partial charge in [0.05, 0.1) is 28.1 Å². The number of nitrogens with zero attached hydrogens (tertiary/aromatic N) is 2. The number of rotatable bonds is 6. The van der Waals surface area contributed by atoms with Gasteiger partial charge in [-0.25, -0.2) is 14.6 Å². The number of thiazole rings is 1. The van der Waals surface area contributed by atoms with E-state index in [1.807, 2.05) is 11.3 Å². The largest absolute Gasteiger partial charge is 0.478 e. The fourth-order valence-electron chi connectivity index (χ4n) is 3.31. The summed E-state index contributed by atoms with van der Waals surface area (Å²) < 4.78 is 6.75. The molecule has 4 rings (SSSR count). The van der Waals surface area contributed by atoms with E-state index in [9.17, 15) is 9.59 Å². The van der Waals surface area contributed by atoms with Crippen LogP contribution < -0.4 is 9.88 Å². The molecule has 0 radical (unpaired) electrons. The van der Waals surface area contributed by atoms with Crippen molar-refractivity contribution in [1.82, 2.24) is 9.88 Å². The van der Waals surface area contributed by atoms with E-state index in [-0.39, 0.29) is 0 Å². The molecule has 0 amide bonds. The summed E-state index contributed by atoms with van der Waals surface area (Å²) >= 11 is 1.88. The summed E-state index contributed by atoms with van der Waals surface area (Å²) in [5.74, 6) is -2.51. The molecule has 0 bridgehead atoms. The van der Waals surface area contributed by atoms with Crippen LogP contribution in [0.5, 0.6) is 0 Å². The Kier molecular flexibility index (Phi) is 7.51. The van der Waals surface area contributed by atoms with Crippen LogP contribution in [0.1, 0.15) is 17.8 Å². The minimum absolute atomic E-state index is 0.558. The van der Waals surface area contributed by atoms with E-state index < -0.39 is 11.9 Å². The molecule has 29 heavy (non-hydrogen) atoms. The van der Waals surface area contributed by atoms with Gasteiger partial charge in [-0.3, -0.25) is 4.90 Å². The zero-order chi connectivity index (χ0) is 20.6. The Morgan fingerprint density at radius 3 is 2.62 bits per heavy atom. The second-order valence-corrected chi connectivity index (χ2v) is 7.88. The summed E-state index contributed by atoms with van der Waals surface area (Å²) in [7, 11) is 0. The molecule has 3 aliphatic rings. The first-order valence-corrected chi connectivity index (χ1v) is 10.4. The number of allylic oxidation sites excluding steroid dienone is 4. The fourth-order valence-corrected chi connectivity index (χ4v) is 4.39. The van der Waals surface area contributed by atoms with E-state index in [0.717, 1.165) is 39.1 Å². The average molecular weight is 416 g/mol. The van der Waals surface area contributed by atoms with Crippen molar-refractivity contribution in [3.05, 3.63) is 50.8 Å². The van der Waals surface area contributed by atoms with E-state index >= 15 is 0 Å². The van der Waals surface area contributed by atoms with Gasteiger partial charge in [-0.15, -0.1) is 11.3 Å². The van der Waals surface area contributed by atoms with Gasteiger partial charge < -0.3 is 14.9 Å². The smallest absolute Gasteiger partial charge is 0.328 e. The van der Waals surface area contributed by atoms with Gasteiger partial charge >= 0.3 is 11.9 Å². The van der Waals surface area contributed by atoms with Gasteiger partial charge in [-0.05, 0) is 36.6 Å². The standard InChI is InChI=1S/C17H20N2OS.C4H4O4/c1-2-5-14-13(4-1)12-15-17(14)18-16(21-15)6-3-7-19-8-10-20-11-9-19;5-3(6)1-2-4(7)8/h1-2,4,12H,3,5-11H2;1-2H,(H,5,6)(H,7,8). The molecular formula is C21H24N2O5S. The van der Waals surface area contributed by atoms with E-state index in [1.54, 1.807) is 0 Å². The maximum Gasteiger partial charge on any atom is 0.328 e. The van der Waals surface area contributed by atoms with Gasteiger partial charge in [0.15, 0.2) is 0 Å². The van der Waals surface area contributed by atoms with Crippen molar-refractivity contribution in [2.45, 2.75) is 19.3 Å². The lowest BCUT2D eigenvalue weighted by Crippen LogP contribution is -2.36. The van der Waals surface area contributed by atoms with Crippen LogP contribution in [0.25, 0.3) is 11.6 Å². The normalized spacial score (nSPS) is 17.8. The molecule has 1 saturated heterocycles. The molecule has 2 heterocycles. The zero-order valence-electron chi connectivity index (χ0n) is 16.0.